The predicted octanol–water partition coefficient (Wildman–Crippen LogP) is 3.57. The molecule has 0 aliphatic rings. The summed E-state index contributed by atoms with van der Waals surface area (Å²) in [6.07, 6.45) is 4.11. The van der Waals surface area contributed by atoms with Crippen molar-refractivity contribution in [1.29, 1.82) is 0 Å². The van der Waals surface area contributed by atoms with Gasteiger partial charge in [0.2, 0.25) is 0 Å². The molecule has 25 heavy (non-hydrogen) atoms. The van der Waals surface area contributed by atoms with Crippen LogP contribution >= 0.6 is 0 Å². The molecule has 0 saturated carbocycles. The predicted molar refractivity (Wildman–Crippen MR) is 97.4 cm³/mol. The molecule has 4 rings (SSSR count). The third kappa shape index (κ3) is 3.25. The second-order valence-corrected chi connectivity index (χ2v) is 5.51. The van der Waals surface area contributed by atoms with E-state index in [1.807, 2.05) is 48.5 Å². The fraction of sp³-hybridized carbons (Fsp3) is 0.111. The molecule has 124 valence electrons. The maximum absolute atomic E-state index is 4.45. The monoisotopic (exact) mass is 331 g/mol. The highest BCUT2D eigenvalue weighted by molar-refractivity contribution is 5.62. The van der Waals surface area contributed by atoms with E-state index in [0.717, 1.165) is 35.1 Å². The Hall–Kier alpha value is -3.48. The minimum absolute atomic E-state index is 0.581. The van der Waals surface area contributed by atoms with Crippen LogP contribution in [-0.2, 0) is 6.42 Å². The van der Waals surface area contributed by atoms with Crippen LogP contribution in [0.15, 0.2) is 61.1 Å². The van der Waals surface area contributed by atoms with Crippen molar-refractivity contribution in [2.45, 2.75) is 13.3 Å². The van der Waals surface area contributed by atoms with Crippen molar-refractivity contribution >= 4 is 28.8 Å². The molecule has 0 saturated heterocycles. The average Bonchev–Trinajstić information content (AvgIpc) is 3.13. The van der Waals surface area contributed by atoms with E-state index in [1.165, 1.54) is 6.33 Å². The molecule has 0 radical (unpaired) electrons. The van der Waals surface area contributed by atoms with Crippen molar-refractivity contribution in [3.05, 3.63) is 66.7 Å². The van der Waals surface area contributed by atoms with Crippen molar-refractivity contribution in [2.24, 2.45) is 0 Å². The summed E-state index contributed by atoms with van der Waals surface area (Å²) >= 11 is 0. The number of pyridine rings is 1. The quantitative estimate of drug-likeness (QED) is 0.582. The van der Waals surface area contributed by atoms with Crippen LogP contribution < -0.4 is 10.6 Å². The van der Waals surface area contributed by atoms with E-state index >= 15 is 0 Å². The molecular formula is C18H17N7. The maximum Gasteiger partial charge on any atom is 0.254 e. The van der Waals surface area contributed by atoms with Crippen LogP contribution in [0.1, 0.15) is 12.6 Å². The summed E-state index contributed by atoms with van der Waals surface area (Å²) < 4.78 is 1.68. The standard InChI is InChI=1S/C18H17N7/c1-2-13-10-17(25-18(24-13)20-12-21-25)23-15-8-9-16(19-11-15)22-14-6-4-3-5-7-14/h3-12,23H,2H2,1H3,(H,19,22). The van der Waals surface area contributed by atoms with Gasteiger partial charge in [-0.15, -0.1) is 0 Å². The minimum atomic E-state index is 0.581. The second kappa shape index (κ2) is 6.56. The number of anilines is 4. The number of nitrogens with zero attached hydrogens (tertiary/aromatic N) is 5. The molecule has 3 aromatic heterocycles. The zero-order valence-corrected chi connectivity index (χ0v) is 13.7. The molecule has 0 spiro atoms. The Kier molecular flexibility index (Phi) is 3.96. The Bertz CT molecular complexity index is 977. The number of aryl methyl sites for hydroxylation is 1. The zero-order chi connectivity index (χ0) is 17.1. The van der Waals surface area contributed by atoms with Crippen LogP contribution in [0.2, 0.25) is 0 Å². The first-order valence-electron chi connectivity index (χ1n) is 8.06. The summed E-state index contributed by atoms with van der Waals surface area (Å²) in [7, 11) is 0. The lowest BCUT2D eigenvalue weighted by atomic mass is 10.3. The number of para-hydroxylation sites is 1. The molecule has 0 fully saturated rings. The number of hydrogen-bond acceptors (Lipinski definition) is 6. The summed E-state index contributed by atoms with van der Waals surface area (Å²) in [4.78, 5) is 13.1. The highest BCUT2D eigenvalue weighted by atomic mass is 15.4. The third-order valence-corrected chi connectivity index (χ3v) is 3.75. The van der Waals surface area contributed by atoms with E-state index in [-0.39, 0.29) is 0 Å². The van der Waals surface area contributed by atoms with Gasteiger partial charge in [0.1, 0.15) is 18.0 Å². The number of fused-ring (bicyclic) bond motifs is 1. The topological polar surface area (TPSA) is 80.0 Å². The lowest BCUT2D eigenvalue weighted by Crippen LogP contribution is -2.04. The van der Waals surface area contributed by atoms with Gasteiger partial charge in [0.15, 0.2) is 0 Å². The van der Waals surface area contributed by atoms with Gasteiger partial charge in [-0.2, -0.15) is 14.6 Å². The summed E-state index contributed by atoms with van der Waals surface area (Å²) in [6.45, 7) is 2.06. The Morgan fingerprint density at radius 3 is 2.60 bits per heavy atom. The molecule has 4 aromatic rings. The van der Waals surface area contributed by atoms with Crippen molar-refractivity contribution in [3.8, 4) is 0 Å². The van der Waals surface area contributed by atoms with Crippen LogP contribution in [0.3, 0.4) is 0 Å². The highest BCUT2D eigenvalue weighted by Crippen LogP contribution is 2.20. The molecule has 7 nitrogen and oxygen atoms in total. The zero-order valence-electron chi connectivity index (χ0n) is 13.7. The summed E-state index contributed by atoms with van der Waals surface area (Å²) in [5, 5.41) is 10.8. The summed E-state index contributed by atoms with van der Waals surface area (Å²) in [6, 6.07) is 15.8. The van der Waals surface area contributed by atoms with Crippen molar-refractivity contribution < 1.29 is 0 Å². The summed E-state index contributed by atoms with van der Waals surface area (Å²) in [5.74, 6) is 2.17. The summed E-state index contributed by atoms with van der Waals surface area (Å²) in [5.41, 5.74) is 2.82. The van der Waals surface area contributed by atoms with E-state index in [9.17, 15) is 0 Å². The molecule has 0 atom stereocenters. The molecular weight excluding hydrogens is 314 g/mol. The first-order chi connectivity index (χ1) is 12.3. The molecule has 0 unspecified atom stereocenters. The number of rotatable bonds is 5. The van der Waals surface area contributed by atoms with Gasteiger partial charge < -0.3 is 10.6 Å². The van der Waals surface area contributed by atoms with Gasteiger partial charge in [-0.25, -0.2) is 9.97 Å². The van der Waals surface area contributed by atoms with Gasteiger partial charge in [-0.05, 0) is 30.7 Å². The normalized spacial score (nSPS) is 10.8. The maximum atomic E-state index is 4.45. The van der Waals surface area contributed by atoms with Crippen molar-refractivity contribution in [2.75, 3.05) is 10.6 Å². The second-order valence-electron chi connectivity index (χ2n) is 5.51. The SMILES string of the molecule is CCc1cc(Nc2ccc(Nc3ccccc3)nc2)n2ncnc2n1. The lowest BCUT2D eigenvalue weighted by molar-refractivity contribution is 0.918. The van der Waals surface area contributed by atoms with E-state index in [2.05, 4.69) is 37.6 Å². The lowest BCUT2D eigenvalue weighted by Gasteiger charge is -2.10. The van der Waals surface area contributed by atoms with E-state index < -0.39 is 0 Å². The third-order valence-electron chi connectivity index (χ3n) is 3.75. The molecule has 0 aliphatic heterocycles. The number of hydrogen-bond donors (Lipinski definition) is 2. The van der Waals surface area contributed by atoms with Gasteiger partial charge in [-0.3, -0.25) is 0 Å². The van der Waals surface area contributed by atoms with Gasteiger partial charge in [0, 0.05) is 17.4 Å². The van der Waals surface area contributed by atoms with Gasteiger partial charge in [-0.1, -0.05) is 25.1 Å². The van der Waals surface area contributed by atoms with Gasteiger partial charge in [0.05, 0.1) is 11.9 Å². The van der Waals surface area contributed by atoms with Crippen LogP contribution in [0.5, 0.6) is 0 Å². The van der Waals surface area contributed by atoms with Crippen LogP contribution in [-0.4, -0.2) is 24.6 Å². The average molecular weight is 331 g/mol. The van der Waals surface area contributed by atoms with E-state index in [4.69, 9.17) is 0 Å². The van der Waals surface area contributed by atoms with Crippen LogP contribution in [0.4, 0.5) is 23.0 Å². The molecule has 1 aromatic carbocycles. The molecule has 0 aliphatic carbocycles. The Morgan fingerprint density at radius 2 is 1.84 bits per heavy atom. The Morgan fingerprint density at radius 1 is 0.960 bits per heavy atom. The molecule has 7 heteroatoms. The fourth-order valence-electron chi connectivity index (χ4n) is 2.49. The first-order valence-corrected chi connectivity index (χ1v) is 8.06. The Labute approximate surface area is 144 Å². The highest BCUT2D eigenvalue weighted by Gasteiger charge is 2.07. The molecule has 2 N–H and O–H groups in total. The van der Waals surface area contributed by atoms with E-state index in [1.54, 1.807) is 10.7 Å². The fourth-order valence-corrected chi connectivity index (χ4v) is 2.49. The minimum Gasteiger partial charge on any atom is -0.340 e. The van der Waals surface area contributed by atoms with Crippen molar-refractivity contribution in [1.82, 2.24) is 24.6 Å². The molecule has 3 heterocycles. The number of aromatic nitrogens is 5. The molecule has 0 amide bonds. The van der Waals surface area contributed by atoms with Crippen LogP contribution in [0, 0.1) is 0 Å². The number of benzene rings is 1. The van der Waals surface area contributed by atoms with Gasteiger partial charge in [0.25, 0.3) is 5.78 Å². The van der Waals surface area contributed by atoms with Gasteiger partial charge >= 0.3 is 0 Å². The smallest absolute Gasteiger partial charge is 0.254 e. The molecule has 0 bridgehead atoms. The van der Waals surface area contributed by atoms with E-state index in [0.29, 0.717) is 5.78 Å². The number of nitrogens with one attached hydrogen (secondary N) is 2. The first kappa shape index (κ1) is 15.1. The Balaban J connectivity index is 1.56. The van der Waals surface area contributed by atoms with Crippen molar-refractivity contribution in [3.63, 3.8) is 0 Å². The van der Waals surface area contributed by atoms with Crippen LogP contribution in [0.25, 0.3) is 5.78 Å². The largest absolute Gasteiger partial charge is 0.340 e.